The Morgan fingerprint density at radius 2 is 1.85 bits per heavy atom. The van der Waals surface area contributed by atoms with Crippen molar-refractivity contribution in [1.82, 2.24) is 4.90 Å². The predicted molar refractivity (Wildman–Crippen MR) is 135 cm³/mol. The Morgan fingerprint density at radius 3 is 2.48 bits per heavy atom. The van der Waals surface area contributed by atoms with E-state index in [1.165, 1.54) is 0 Å². The summed E-state index contributed by atoms with van der Waals surface area (Å²) in [6.07, 6.45) is 2.26. The van der Waals surface area contributed by atoms with Gasteiger partial charge < -0.3 is 14.2 Å². The molecule has 1 amide bonds. The van der Waals surface area contributed by atoms with E-state index >= 15 is 0 Å². The molecule has 1 aliphatic heterocycles. The molecule has 0 N–H and O–H groups in total. The van der Waals surface area contributed by atoms with Crippen molar-refractivity contribution in [3.05, 3.63) is 64.3 Å². The maximum absolute atomic E-state index is 13.5. The van der Waals surface area contributed by atoms with E-state index < -0.39 is 9.84 Å². The van der Waals surface area contributed by atoms with E-state index in [9.17, 15) is 13.2 Å². The summed E-state index contributed by atoms with van der Waals surface area (Å²) in [6, 6.07) is 13.6. The Hall–Kier alpha value is -2.32. The molecule has 1 aliphatic rings. The highest BCUT2D eigenvalue weighted by Crippen LogP contribution is 2.27. The number of hydrogen-bond acceptors (Lipinski definition) is 5. The standard InChI is InChI=1S/C25H29BrN2O4S/c1-3-27(4-2)21-8-5-18(6-9-21)15-28(22-11-12-33(30,31)17-22)25(29)13-19-16-32-24-10-7-20(26)14-23(19)24/h5-10,14,16,22H,3-4,11-13,15,17H2,1-2H3. The molecule has 33 heavy (non-hydrogen) atoms. The summed E-state index contributed by atoms with van der Waals surface area (Å²) < 4.78 is 30.9. The average molecular weight is 533 g/mol. The highest BCUT2D eigenvalue weighted by molar-refractivity contribution is 9.10. The van der Waals surface area contributed by atoms with E-state index in [0.717, 1.165) is 45.3 Å². The molecule has 0 spiro atoms. The van der Waals surface area contributed by atoms with Gasteiger partial charge in [0.05, 0.1) is 24.2 Å². The third-order valence-electron chi connectivity index (χ3n) is 6.34. The number of sulfone groups is 1. The number of carbonyl (C=O) groups excluding carboxylic acids is 1. The van der Waals surface area contributed by atoms with Crippen LogP contribution in [0.4, 0.5) is 5.69 Å². The van der Waals surface area contributed by atoms with Crippen LogP contribution in [0.5, 0.6) is 0 Å². The number of halogens is 1. The summed E-state index contributed by atoms with van der Waals surface area (Å²) in [4.78, 5) is 17.5. The second-order valence-electron chi connectivity index (χ2n) is 8.50. The molecule has 0 bridgehead atoms. The molecule has 2 heterocycles. The molecule has 0 radical (unpaired) electrons. The zero-order chi connectivity index (χ0) is 23.6. The lowest BCUT2D eigenvalue weighted by atomic mass is 10.1. The monoisotopic (exact) mass is 532 g/mol. The van der Waals surface area contributed by atoms with Gasteiger partial charge in [0.1, 0.15) is 5.58 Å². The number of furan rings is 1. The highest BCUT2D eigenvalue weighted by atomic mass is 79.9. The molecule has 8 heteroatoms. The maximum Gasteiger partial charge on any atom is 0.227 e. The zero-order valence-corrected chi connectivity index (χ0v) is 21.4. The largest absolute Gasteiger partial charge is 0.464 e. The first kappa shape index (κ1) is 23.8. The summed E-state index contributed by atoms with van der Waals surface area (Å²) in [5.41, 5.74) is 3.66. The van der Waals surface area contributed by atoms with Gasteiger partial charge in [0.2, 0.25) is 5.91 Å². The summed E-state index contributed by atoms with van der Waals surface area (Å²) in [5, 5.41) is 0.889. The molecule has 0 saturated carbocycles. The van der Waals surface area contributed by atoms with Crippen molar-refractivity contribution < 1.29 is 17.6 Å². The Balaban J connectivity index is 1.58. The van der Waals surface area contributed by atoms with Crippen LogP contribution in [0.2, 0.25) is 0 Å². The molecule has 1 unspecified atom stereocenters. The molecule has 2 aromatic carbocycles. The molecule has 3 aromatic rings. The van der Waals surface area contributed by atoms with Gasteiger partial charge in [0, 0.05) is 46.8 Å². The molecule has 1 fully saturated rings. The van der Waals surface area contributed by atoms with Crippen molar-refractivity contribution >= 4 is 48.3 Å². The van der Waals surface area contributed by atoms with Gasteiger partial charge in [0.25, 0.3) is 0 Å². The van der Waals surface area contributed by atoms with Crippen LogP contribution >= 0.6 is 15.9 Å². The molecular weight excluding hydrogens is 504 g/mol. The van der Waals surface area contributed by atoms with Crippen molar-refractivity contribution in [2.24, 2.45) is 0 Å². The number of rotatable bonds is 8. The van der Waals surface area contributed by atoms with Crippen LogP contribution in [0.3, 0.4) is 0 Å². The molecule has 4 rings (SSSR count). The number of benzene rings is 2. The molecular formula is C25H29BrN2O4S. The summed E-state index contributed by atoms with van der Waals surface area (Å²) in [7, 11) is -3.12. The average Bonchev–Trinajstić information content (AvgIpc) is 3.36. The van der Waals surface area contributed by atoms with Crippen LogP contribution in [0.25, 0.3) is 11.0 Å². The second-order valence-corrected chi connectivity index (χ2v) is 11.6. The first-order valence-electron chi connectivity index (χ1n) is 11.3. The highest BCUT2D eigenvalue weighted by Gasteiger charge is 2.35. The van der Waals surface area contributed by atoms with Gasteiger partial charge in [0.15, 0.2) is 9.84 Å². The molecule has 1 atom stereocenters. The number of hydrogen-bond donors (Lipinski definition) is 0. The first-order chi connectivity index (χ1) is 15.8. The van der Waals surface area contributed by atoms with Crippen LogP contribution in [0.1, 0.15) is 31.4 Å². The van der Waals surface area contributed by atoms with Crippen LogP contribution in [-0.4, -0.2) is 49.9 Å². The summed E-state index contributed by atoms with van der Waals surface area (Å²) in [5.74, 6) is 0.0605. The van der Waals surface area contributed by atoms with Gasteiger partial charge in [-0.3, -0.25) is 4.79 Å². The molecule has 1 aromatic heterocycles. The quantitative estimate of drug-likeness (QED) is 0.416. The zero-order valence-electron chi connectivity index (χ0n) is 19.0. The van der Waals surface area contributed by atoms with Crippen molar-refractivity contribution in [2.45, 2.75) is 39.3 Å². The van der Waals surface area contributed by atoms with Crippen molar-refractivity contribution in [1.29, 1.82) is 0 Å². The van der Waals surface area contributed by atoms with E-state index in [0.29, 0.717) is 13.0 Å². The van der Waals surface area contributed by atoms with Gasteiger partial charge in [-0.05, 0) is 56.2 Å². The molecule has 1 saturated heterocycles. The van der Waals surface area contributed by atoms with E-state index in [2.05, 4.69) is 46.8 Å². The minimum atomic E-state index is -3.12. The fourth-order valence-corrected chi connectivity index (χ4v) is 6.59. The fraction of sp³-hybridized carbons (Fsp3) is 0.400. The summed E-state index contributed by atoms with van der Waals surface area (Å²) in [6.45, 7) is 6.48. The minimum Gasteiger partial charge on any atom is -0.464 e. The lowest BCUT2D eigenvalue weighted by Crippen LogP contribution is -2.41. The van der Waals surface area contributed by atoms with E-state index in [1.807, 2.05) is 30.3 Å². The Labute approximate surface area is 203 Å². The minimum absolute atomic E-state index is 0.0218. The van der Waals surface area contributed by atoms with Crippen LogP contribution < -0.4 is 4.90 Å². The third-order valence-corrected chi connectivity index (χ3v) is 8.59. The van der Waals surface area contributed by atoms with Gasteiger partial charge >= 0.3 is 0 Å². The predicted octanol–water partition coefficient (Wildman–Crippen LogP) is 4.80. The number of anilines is 1. The van der Waals surface area contributed by atoms with E-state index in [4.69, 9.17) is 4.42 Å². The van der Waals surface area contributed by atoms with Crippen molar-refractivity contribution in [3.63, 3.8) is 0 Å². The smallest absolute Gasteiger partial charge is 0.227 e. The Bertz CT molecular complexity index is 1230. The lowest BCUT2D eigenvalue weighted by Gasteiger charge is -2.29. The SMILES string of the molecule is CCN(CC)c1ccc(CN(C(=O)Cc2coc3ccc(Br)cc23)C2CCS(=O)(=O)C2)cc1. The number of amides is 1. The van der Waals surface area contributed by atoms with Crippen LogP contribution in [-0.2, 0) is 27.6 Å². The Morgan fingerprint density at radius 1 is 1.12 bits per heavy atom. The lowest BCUT2D eigenvalue weighted by molar-refractivity contribution is -0.133. The van der Waals surface area contributed by atoms with Gasteiger partial charge in [-0.1, -0.05) is 28.1 Å². The van der Waals surface area contributed by atoms with Gasteiger partial charge in [-0.2, -0.15) is 0 Å². The summed E-state index contributed by atoms with van der Waals surface area (Å²) >= 11 is 3.48. The van der Waals surface area contributed by atoms with Crippen molar-refractivity contribution in [3.8, 4) is 0 Å². The number of carbonyl (C=O) groups is 1. The molecule has 176 valence electrons. The Kier molecular flexibility index (Phi) is 7.14. The van der Waals surface area contributed by atoms with Crippen molar-refractivity contribution in [2.75, 3.05) is 29.5 Å². The fourth-order valence-electron chi connectivity index (χ4n) is 4.50. The van der Waals surface area contributed by atoms with Gasteiger partial charge in [-0.15, -0.1) is 0 Å². The first-order valence-corrected chi connectivity index (χ1v) is 13.9. The topological polar surface area (TPSA) is 70.8 Å². The van der Waals surface area contributed by atoms with E-state index in [1.54, 1.807) is 11.2 Å². The van der Waals surface area contributed by atoms with E-state index in [-0.39, 0.29) is 29.9 Å². The third kappa shape index (κ3) is 5.44. The number of fused-ring (bicyclic) bond motifs is 1. The molecule has 0 aliphatic carbocycles. The number of nitrogens with zero attached hydrogens (tertiary/aromatic N) is 2. The maximum atomic E-state index is 13.5. The molecule has 6 nitrogen and oxygen atoms in total. The van der Waals surface area contributed by atoms with Gasteiger partial charge in [-0.25, -0.2) is 8.42 Å². The second kappa shape index (κ2) is 9.89. The van der Waals surface area contributed by atoms with Crippen LogP contribution in [0.15, 0.2) is 57.6 Å². The normalized spacial score (nSPS) is 17.4. The van der Waals surface area contributed by atoms with Crippen LogP contribution in [0, 0.1) is 0 Å².